The summed E-state index contributed by atoms with van der Waals surface area (Å²) in [7, 11) is 0. The largest absolute Gasteiger partial charge is 0.313 e. The summed E-state index contributed by atoms with van der Waals surface area (Å²) in [5, 5.41) is 4.42. The summed E-state index contributed by atoms with van der Waals surface area (Å²) in [6, 6.07) is 9.82. The summed E-state index contributed by atoms with van der Waals surface area (Å²) < 4.78 is 0. The third kappa shape index (κ3) is 6.25. The Balaban J connectivity index is 2.32. The molecular weight excluding hydrogens is 268 g/mol. The van der Waals surface area contributed by atoms with Gasteiger partial charge in [-0.1, -0.05) is 23.7 Å². The molecule has 0 aliphatic carbocycles. The van der Waals surface area contributed by atoms with Gasteiger partial charge >= 0.3 is 0 Å². The Bertz CT molecular complexity index is 365. The Hall–Kier alpha value is -0.570. The van der Waals surface area contributed by atoms with Crippen LogP contribution < -0.4 is 5.32 Å². The third-order valence-corrected chi connectivity index (χ3v) is 3.90. The fourth-order valence-corrected chi connectivity index (χ4v) is 2.72. The second-order valence-corrected chi connectivity index (χ2v) is 6.55. The molecule has 0 aliphatic rings. The predicted molar refractivity (Wildman–Crippen MR) is 89.6 cm³/mol. The highest BCUT2D eigenvalue weighted by atomic mass is 35.5. The first-order chi connectivity index (χ1) is 9.40. The van der Waals surface area contributed by atoms with E-state index in [1.165, 1.54) is 5.56 Å². The van der Waals surface area contributed by atoms with Crippen molar-refractivity contribution < 1.29 is 0 Å². The highest BCUT2D eigenvalue weighted by Crippen LogP contribution is 2.11. The molecule has 1 aromatic rings. The molecule has 0 heterocycles. The van der Waals surface area contributed by atoms with Gasteiger partial charge in [-0.15, -0.1) is 0 Å². The molecule has 1 atom stereocenters. The lowest BCUT2D eigenvalue weighted by Gasteiger charge is -2.31. The maximum absolute atomic E-state index is 5.90. The standard InChI is InChI=1S/C17H29ClN2/c1-13(2)20(14(3)4)11-10-19-15(5)12-16-6-8-17(18)9-7-16/h6-9,13-15,19H,10-12H2,1-5H3. The van der Waals surface area contributed by atoms with E-state index in [0.717, 1.165) is 24.5 Å². The average molecular weight is 297 g/mol. The minimum Gasteiger partial charge on any atom is -0.313 e. The molecule has 0 bridgehead atoms. The molecular formula is C17H29ClN2. The maximum Gasteiger partial charge on any atom is 0.0406 e. The van der Waals surface area contributed by atoms with E-state index in [4.69, 9.17) is 11.6 Å². The average Bonchev–Trinajstić information content (AvgIpc) is 2.36. The van der Waals surface area contributed by atoms with E-state index in [9.17, 15) is 0 Å². The van der Waals surface area contributed by atoms with Gasteiger partial charge in [0.2, 0.25) is 0 Å². The number of halogens is 1. The zero-order valence-corrected chi connectivity index (χ0v) is 14.2. The normalized spacial score (nSPS) is 13.4. The van der Waals surface area contributed by atoms with Crippen LogP contribution in [0.2, 0.25) is 5.02 Å². The Labute approximate surface area is 129 Å². The number of hydrogen-bond donors (Lipinski definition) is 1. The molecule has 1 N–H and O–H groups in total. The minimum atomic E-state index is 0.484. The van der Waals surface area contributed by atoms with E-state index < -0.39 is 0 Å². The lowest BCUT2D eigenvalue weighted by molar-refractivity contribution is 0.174. The molecule has 3 heteroatoms. The number of nitrogens with one attached hydrogen (secondary N) is 1. The van der Waals surface area contributed by atoms with Crippen LogP contribution in [0.3, 0.4) is 0 Å². The van der Waals surface area contributed by atoms with Crippen LogP contribution >= 0.6 is 11.6 Å². The highest BCUT2D eigenvalue weighted by Gasteiger charge is 2.13. The van der Waals surface area contributed by atoms with Crippen molar-refractivity contribution in [1.29, 1.82) is 0 Å². The SMILES string of the molecule is CC(Cc1ccc(Cl)cc1)NCCN(C(C)C)C(C)C. The summed E-state index contributed by atoms with van der Waals surface area (Å²) in [4.78, 5) is 2.52. The number of rotatable bonds is 8. The lowest BCUT2D eigenvalue weighted by atomic mass is 10.1. The van der Waals surface area contributed by atoms with Crippen molar-refractivity contribution in [3.63, 3.8) is 0 Å². The first-order valence-electron chi connectivity index (χ1n) is 7.63. The van der Waals surface area contributed by atoms with E-state index in [2.05, 4.69) is 57.0 Å². The second kappa shape index (κ2) is 8.66. The fourth-order valence-electron chi connectivity index (χ4n) is 2.60. The molecule has 0 aromatic heterocycles. The Morgan fingerprint density at radius 3 is 2.05 bits per heavy atom. The van der Waals surface area contributed by atoms with E-state index in [1.807, 2.05) is 12.1 Å². The van der Waals surface area contributed by atoms with Crippen molar-refractivity contribution in [2.24, 2.45) is 0 Å². The Kier molecular flexibility index (Phi) is 7.57. The van der Waals surface area contributed by atoms with E-state index in [1.54, 1.807) is 0 Å². The van der Waals surface area contributed by atoms with Gasteiger partial charge in [0, 0.05) is 36.2 Å². The number of nitrogens with zero attached hydrogens (tertiary/aromatic N) is 1. The van der Waals surface area contributed by atoms with E-state index in [0.29, 0.717) is 18.1 Å². The molecule has 0 aliphatic heterocycles. The summed E-state index contributed by atoms with van der Waals surface area (Å²) in [5.41, 5.74) is 1.33. The zero-order chi connectivity index (χ0) is 15.1. The van der Waals surface area contributed by atoms with Crippen LogP contribution in [0.4, 0.5) is 0 Å². The van der Waals surface area contributed by atoms with E-state index in [-0.39, 0.29) is 0 Å². The number of hydrogen-bond acceptors (Lipinski definition) is 2. The minimum absolute atomic E-state index is 0.484. The molecule has 20 heavy (non-hydrogen) atoms. The molecule has 114 valence electrons. The second-order valence-electron chi connectivity index (χ2n) is 6.11. The van der Waals surface area contributed by atoms with Crippen LogP contribution in [0.1, 0.15) is 40.2 Å². The van der Waals surface area contributed by atoms with Crippen LogP contribution in [0.15, 0.2) is 24.3 Å². The predicted octanol–water partition coefficient (Wildman–Crippen LogP) is 3.98. The van der Waals surface area contributed by atoms with Crippen LogP contribution in [0, 0.1) is 0 Å². The molecule has 1 rings (SSSR count). The van der Waals surface area contributed by atoms with Gasteiger partial charge in [0.05, 0.1) is 0 Å². The van der Waals surface area contributed by atoms with Gasteiger partial charge < -0.3 is 5.32 Å². The zero-order valence-electron chi connectivity index (χ0n) is 13.5. The molecule has 2 nitrogen and oxygen atoms in total. The molecule has 0 saturated heterocycles. The fraction of sp³-hybridized carbons (Fsp3) is 0.647. The van der Waals surface area contributed by atoms with Crippen LogP contribution in [-0.2, 0) is 6.42 Å². The highest BCUT2D eigenvalue weighted by molar-refractivity contribution is 6.30. The van der Waals surface area contributed by atoms with Crippen molar-refractivity contribution in [3.05, 3.63) is 34.9 Å². The molecule has 1 aromatic carbocycles. The molecule has 0 amide bonds. The first-order valence-corrected chi connectivity index (χ1v) is 8.01. The maximum atomic E-state index is 5.90. The summed E-state index contributed by atoms with van der Waals surface area (Å²) in [6.07, 6.45) is 1.04. The van der Waals surface area contributed by atoms with Crippen LogP contribution in [0.5, 0.6) is 0 Å². The van der Waals surface area contributed by atoms with Crippen molar-refractivity contribution in [3.8, 4) is 0 Å². The number of benzene rings is 1. The van der Waals surface area contributed by atoms with Gasteiger partial charge in [-0.3, -0.25) is 4.90 Å². The molecule has 0 spiro atoms. The molecule has 0 saturated carbocycles. The van der Waals surface area contributed by atoms with Gasteiger partial charge in [0.1, 0.15) is 0 Å². The quantitative estimate of drug-likeness (QED) is 0.780. The van der Waals surface area contributed by atoms with Crippen molar-refractivity contribution in [2.75, 3.05) is 13.1 Å². The molecule has 0 fully saturated rings. The van der Waals surface area contributed by atoms with Crippen LogP contribution in [-0.4, -0.2) is 36.1 Å². The van der Waals surface area contributed by atoms with Gasteiger partial charge in [-0.05, 0) is 58.7 Å². The first kappa shape index (κ1) is 17.5. The Morgan fingerprint density at radius 2 is 1.55 bits per heavy atom. The Morgan fingerprint density at radius 1 is 1.00 bits per heavy atom. The lowest BCUT2D eigenvalue weighted by Crippen LogP contribution is -2.43. The van der Waals surface area contributed by atoms with E-state index >= 15 is 0 Å². The topological polar surface area (TPSA) is 15.3 Å². The molecule has 0 radical (unpaired) electrons. The smallest absolute Gasteiger partial charge is 0.0406 e. The van der Waals surface area contributed by atoms with Crippen molar-refractivity contribution in [2.45, 2.75) is 59.2 Å². The van der Waals surface area contributed by atoms with Gasteiger partial charge in [0.15, 0.2) is 0 Å². The summed E-state index contributed by atoms with van der Waals surface area (Å²) in [5.74, 6) is 0. The van der Waals surface area contributed by atoms with Gasteiger partial charge in [-0.2, -0.15) is 0 Å². The van der Waals surface area contributed by atoms with Crippen molar-refractivity contribution >= 4 is 11.6 Å². The van der Waals surface area contributed by atoms with Crippen LogP contribution in [0.25, 0.3) is 0 Å². The molecule has 1 unspecified atom stereocenters. The monoisotopic (exact) mass is 296 g/mol. The van der Waals surface area contributed by atoms with Crippen molar-refractivity contribution in [1.82, 2.24) is 10.2 Å². The summed E-state index contributed by atoms with van der Waals surface area (Å²) in [6.45, 7) is 13.4. The third-order valence-electron chi connectivity index (χ3n) is 3.64. The van der Waals surface area contributed by atoms with Gasteiger partial charge in [-0.25, -0.2) is 0 Å². The van der Waals surface area contributed by atoms with Gasteiger partial charge in [0.25, 0.3) is 0 Å². The summed E-state index contributed by atoms with van der Waals surface area (Å²) >= 11 is 5.90.